The summed E-state index contributed by atoms with van der Waals surface area (Å²) < 4.78 is 2.08. The first-order valence-corrected chi connectivity index (χ1v) is 5.59. The van der Waals surface area contributed by atoms with Gasteiger partial charge in [0.2, 0.25) is 0 Å². The Balaban J connectivity index is 2.21. The van der Waals surface area contributed by atoms with Crippen molar-refractivity contribution < 1.29 is 0 Å². The molecule has 0 atom stereocenters. The first-order chi connectivity index (χ1) is 8.25. The fourth-order valence-corrected chi connectivity index (χ4v) is 1.98. The summed E-state index contributed by atoms with van der Waals surface area (Å²) in [6, 6.07) is 10.3. The zero-order chi connectivity index (χ0) is 11.8. The molecule has 84 valence electrons. The summed E-state index contributed by atoms with van der Waals surface area (Å²) in [6.07, 6.45) is 3.79. The van der Waals surface area contributed by atoms with Crippen LogP contribution in [0.2, 0.25) is 0 Å². The number of para-hydroxylation sites is 1. The monoisotopic (exact) mass is 223 g/mol. The number of aromatic nitrogens is 3. The van der Waals surface area contributed by atoms with Crippen LogP contribution in [0.4, 0.5) is 0 Å². The Morgan fingerprint density at radius 3 is 2.65 bits per heavy atom. The number of benzene rings is 1. The molecule has 3 rings (SSSR count). The molecule has 2 heterocycles. The molecule has 0 bridgehead atoms. The molecule has 0 amide bonds. The van der Waals surface area contributed by atoms with E-state index in [-0.39, 0.29) is 0 Å². The minimum absolute atomic E-state index is 1.01. The molecule has 3 aromatic rings. The van der Waals surface area contributed by atoms with Crippen LogP contribution in [0.3, 0.4) is 0 Å². The second-order valence-electron chi connectivity index (χ2n) is 4.17. The number of hydrogen-bond donors (Lipinski definition) is 0. The van der Waals surface area contributed by atoms with E-state index in [1.165, 1.54) is 0 Å². The van der Waals surface area contributed by atoms with Gasteiger partial charge in [-0.2, -0.15) is 0 Å². The molecule has 3 heteroatoms. The molecule has 0 aliphatic carbocycles. The van der Waals surface area contributed by atoms with E-state index in [4.69, 9.17) is 0 Å². The summed E-state index contributed by atoms with van der Waals surface area (Å²) in [5.41, 5.74) is 3.22. The third-order valence-electron chi connectivity index (χ3n) is 3.11. The van der Waals surface area contributed by atoms with Gasteiger partial charge in [-0.15, -0.1) is 0 Å². The summed E-state index contributed by atoms with van der Waals surface area (Å²) in [4.78, 5) is 8.77. The van der Waals surface area contributed by atoms with Crippen molar-refractivity contribution in [1.29, 1.82) is 0 Å². The molecule has 0 spiro atoms. The van der Waals surface area contributed by atoms with Gasteiger partial charge in [-0.05, 0) is 19.1 Å². The normalized spacial score (nSPS) is 10.9. The summed E-state index contributed by atoms with van der Waals surface area (Å²) in [5.74, 6) is 1.01. The summed E-state index contributed by atoms with van der Waals surface area (Å²) >= 11 is 0. The highest BCUT2D eigenvalue weighted by molar-refractivity contribution is 5.82. The number of rotatable bonds is 1. The summed E-state index contributed by atoms with van der Waals surface area (Å²) in [6.45, 7) is 2.00. The molecule has 2 aromatic heterocycles. The molecule has 0 N–H and O–H groups in total. The van der Waals surface area contributed by atoms with Crippen LogP contribution in [0.25, 0.3) is 22.2 Å². The number of fused-ring (bicyclic) bond motifs is 1. The molecule has 0 radical (unpaired) electrons. The van der Waals surface area contributed by atoms with Gasteiger partial charge in [0.15, 0.2) is 0 Å². The number of aryl methyl sites for hydroxylation is 1. The van der Waals surface area contributed by atoms with Gasteiger partial charge in [-0.1, -0.05) is 18.2 Å². The third-order valence-corrected chi connectivity index (χ3v) is 3.11. The van der Waals surface area contributed by atoms with Gasteiger partial charge in [0, 0.05) is 24.2 Å². The predicted octanol–water partition coefficient (Wildman–Crippen LogP) is 2.94. The van der Waals surface area contributed by atoms with Crippen LogP contribution in [-0.4, -0.2) is 14.5 Å². The van der Waals surface area contributed by atoms with Gasteiger partial charge in [0.25, 0.3) is 0 Å². The van der Waals surface area contributed by atoms with Crippen LogP contribution in [0.5, 0.6) is 0 Å². The number of imidazole rings is 1. The lowest BCUT2D eigenvalue weighted by Gasteiger charge is -2.04. The quantitative estimate of drug-likeness (QED) is 0.635. The molecule has 1 aromatic carbocycles. The highest BCUT2D eigenvalue weighted by atomic mass is 15.0. The van der Waals surface area contributed by atoms with Gasteiger partial charge < -0.3 is 4.57 Å². The Bertz CT molecular complexity index is 683. The first-order valence-electron chi connectivity index (χ1n) is 5.59. The molecule has 17 heavy (non-hydrogen) atoms. The van der Waals surface area contributed by atoms with Crippen molar-refractivity contribution in [3.05, 3.63) is 48.5 Å². The fraction of sp³-hybridized carbons (Fsp3) is 0.143. The van der Waals surface area contributed by atoms with Crippen LogP contribution in [-0.2, 0) is 7.05 Å². The lowest BCUT2D eigenvalue weighted by atomic mass is 10.1. The summed E-state index contributed by atoms with van der Waals surface area (Å²) in [5, 5.41) is 1.16. The van der Waals surface area contributed by atoms with Crippen LogP contribution in [0, 0.1) is 6.92 Å². The van der Waals surface area contributed by atoms with Crippen LogP contribution >= 0.6 is 0 Å². The van der Waals surface area contributed by atoms with E-state index < -0.39 is 0 Å². The lowest BCUT2D eigenvalue weighted by molar-refractivity contribution is 0.865. The average Bonchev–Trinajstić information content (AvgIpc) is 2.70. The van der Waals surface area contributed by atoms with E-state index in [9.17, 15) is 0 Å². The Kier molecular flexibility index (Phi) is 2.18. The minimum Gasteiger partial charge on any atom is -0.331 e. The van der Waals surface area contributed by atoms with E-state index in [1.807, 2.05) is 44.6 Å². The van der Waals surface area contributed by atoms with Gasteiger partial charge in [-0.25, -0.2) is 4.98 Å². The maximum Gasteiger partial charge on any atom is 0.105 e. The fourth-order valence-electron chi connectivity index (χ4n) is 1.98. The maximum absolute atomic E-state index is 4.47. The Labute approximate surface area is 99.8 Å². The molecule has 0 aliphatic heterocycles. The zero-order valence-corrected chi connectivity index (χ0v) is 9.88. The Morgan fingerprint density at radius 1 is 1.06 bits per heavy atom. The number of hydrogen-bond acceptors (Lipinski definition) is 2. The largest absolute Gasteiger partial charge is 0.331 e. The Morgan fingerprint density at radius 2 is 1.88 bits per heavy atom. The van der Waals surface area contributed by atoms with Crippen molar-refractivity contribution in [2.24, 2.45) is 7.05 Å². The van der Waals surface area contributed by atoms with E-state index in [0.29, 0.717) is 0 Å². The van der Waals surface area contributed by atoms with Crippen LogP contribution in [0.15, 0.2) is 42.7 Å². The van der Waals surface area contributed by atoms with Crippen molar-refractivity contribution in [1.82, 2.24) is 14.5 Å². The molecule has 0 saturated heterocycles. The third kappa shape index (κ3) is 1.60. The predicted molar refractivity (Wildman–Crippen MR) is 68.7 cm³/mol. The minimum atomic E-state index is 1.01. The van der Waals surface area contributed by atoms with E-state index >= 15 is 0 Å². The molecule has 0 fully saturated rings. The molecule has 3 nitrogen and oxygen atoms in total. The molecule has 0 unspecified atom stereocenters. The summed E-state index contributed by atoms with van der Waals surface area (Å²) in [7, 11) is 2.02. The van der Waals surface area contributed by atoms with Crippen molar-refractivity contribution >= 4 is 10.9 Å². The van der Waals surface area contributed by atoms with Crippen molar-refractivity contribution in [2.75, 3.05) is 0 Å². The molecular formula is C14H13N3. The Hall–Kier alpha value is -2.16. The molecule has 0 saturated carbocycles. The van der Waals surface area contributed by atoms with Crippen LogP contribution in [0.1, 0.15) is 5.82 Å². The number of nitrogens with zero attached hydrogens (tertiary/aromatic N) is 3. The smallest absolute Gasteiger partial charge is 0.105 e. The van der Waals surface area contributed by atoms with E-state index in [1.54, 1.807) is 0 Å². The van der Waals surface area contributed by atoms with E-state index in [2.05, 4.69) is 26.7 Å². The van der Waals surface area contributed by atoms with Crippen LogP contribution < -0.4 is 0 Å². The van der Waals surface area contributed by atoms with Crippen molar-refractivity contribution in [3.8, 4) is 11.3 Å². The second kappa shape index (κ2) is 3.70. The van der Waals surface area contributed by atoms with Crippen molar-refractivity contribution in [3.63, 3.8) is 0 Å². The molecule has 0 aliphatic rings. The molecular weight excluding hydrogens is 210 g/mol. The van der Waals surface area contributed by atoms with Gasteiger partial charge in [0.1, 0.15) is 5.82 Å². The van der Waals surface area contributed by atoms with E-state index in [0.717, 1.165) is 28.0 Å². The van der Waals surface area contributed by atoms with Crippen molar-refractivity contribution in [2.45, 2.75) is 6.92 Å². The number of pyridine rings is 1. The maximum atomic E-state index is 4.47. The highest BCUT2D eigenvalue weighted by Gasteiger charge is 2.06. The average molecular weight is 223 g/mol. The SMILES string of the molecule is Cc1ncc(-c2cnc3ccccc3c2)n1C. The zero-order valence-electron chi connectivity index (χ0n) is 9.88. The second-order valence-corrected chi connectivity index (χ2v) is 4.17. The lowest BCUT2D eigenvalue weighted by Crippen LogP contribution is -1.94. The standard InChI is InChI=1S/C14H13N3/c1-10-15-9-14(17(10)2)12-7-11-5-3-4-6-13(11)16-8-12/h3-9H,1-2H3. The van der Waals surface area contributed by atoms with Gasteiger partial charge in [-0.3, -0.25) is 4.98 Å². The van der Waals surface area contributed by atoms with Gasteiger partial charge in [0.05, 0.1) is 17.4 Å². The highest BCUT2D eigenvalue weighted by Crippen LogP contribution is 2.22. The topological polar surface area (TPSA) is 30.7 Å². The first kappa shape index (κ1) is 10.0. The van der Waals surface area contributed by atoms with Gasteiger partial charge >= 0.3 is 0 Å².